The van der Waals surface area contributed by atoms with Gasteiger partial charge in [0, 0.05) is 19.2 Å². The van der Waals surface area contributed by atoms with Crippen molar-refractivity contribution in [1.82, 2.24) is 5.32 Å². The van der Waals surface area contributed by atoms with E-state index >= 15 is 0 Å². The Kier molecular flexibility index (Phi) is 9.49. The van der Waals surface area contributed by atoms with Crippen LogP contribution in [0.5, 0.6) is 0 Å². The van der Waals surface area contributed by atoms with Crippen LogP contribution in [0.25, 0.3) is 0 Å². The van der Waals surface area contributed by atoms with Gasteiger partial charge in [0.05, 0.1) is 6.26 Å². The van der Waals surface area contributed by atoms with Crippen molar-refractivity contribution in [3.63, 3.8) is 0 Å². The van der Waals surface area contributed by atoms with E-state index in [1.54, 1.807) is 6.26 Å². The summed E-state index contributed by atoms with van der Waals surface area (Å²) < 4.78 is 10.7. The molecule has 1 aliphatic carbocycles. The second-order valence-corrected chi connectivity index (χ2v) is 5.23. The van der Waals surface area contributed by atoms with Gasteiger partial charge in [-0.25, -0.2) is 0 Å². The van der Waals surface area contributed by atoms with Gasteiger partial charge >= 0.3 is 0 Å². The van der Waals surface area contributed by atoms with Gasteiger partial charge in [-0.1, -0.05) is 19.3 Å². The second kappa shape index (κ2) is 10.9. The Morgan fingerprint density at radius 1 is 1.38 bits per heavy atom. The molecule has 6 heteroatoms. The van der Waals surface area contributed by atoms with Crippen molar-refractivity contribution < 1.29 is 9.15 Å². The monoisotopic (exact) mass is 407 g/mol. The van der Waals surface area contributed by atoms with Crippen LogP contribution in [0.3, 0.4) is 0 Å². The van der Waals surface area contributed by atoms with E-state index in [1.165, 1.54) is 32.1 Å². The number of hydrogen-bond acceptors (Lipinski definition) is 3. The third-order valence-corrected chi connectivity index (χ3v) is 3.51. The molecule has 0 aromatic carbocycles. The highest BCUT2D eigenvalue weighted by molar-refractivity contribution is 14.0. The van der Waals surface area contributed by atoms with Gasteiger partial charge in [-0.15, -0.1) is 24.0 Å². The van der Waals surface area contributed by atoms with E-state index in [-0.39, 0.29) is 24.0 Å². The largest absolute Gasteiger partial charge is 0.467 e. The van der Waals surface area contributed by atoms with Crippen molar-refractivity contribution in [1.29, 1.82) is 0 Å². The quantitative estimate of drug-likeness (QED) is 0.316. The maximum Gasteiger partial charge on any atom is 0.188 e. The number of nitrogens with two attached hydrogens (primary N) is 1. The first-order valence-electron chi connectivity index (χ1n) is 7.51. The van der Waals surface area contributed by atoms with Crippen LogP contribution in [0.2, 0.25) is 0 Å². The molecule has 0 saturated heterocycles. The van der Waals surface area contributed by atoms with Gasteiger partial charge in [-0.2, -0.15) is 0 Å². The summed E-state index contributed by atoms with van der Waals surface area (Å²) in [7, 11) is 0. The number of ether oxygens (including phenoxy) is 1. The number of furan rings is 1. The second-order valence-electron chi connectivity index (χ2n) is 5.23. The topological polar surface area (TPSA) is 72.8 Å². The zero-order chi connectivity index (χ0) is 14.0. The summed E-state index contributed by atoms with van der Waals surface area (Å²) in [6, 6.07) is 4.29. The summed E-state index contributed by atoms with van der Waals surface area (Å²) in [4.78, 5) is 4.33. The average Bonchev–Trinajstić information content (AvgIpc) is 2.97. The first-order chi connectivity index (χ1) is 9.84. The average molecular weight is 407 g/mol. The number of nitrogens with zero attached hydrogens (tertiary/aromatic N) is 1. The summed E-state index contributed by atoms with van der Waals surface area (Å²) in [5.74, 6) is 1.43. The molecule has 5 nitrogen and oxygen atoms in total. The van der Waals surface area contributed by atoms with E-state index in [9.17, 15) is 0 Å². The highest BCUT2D eigenvalue weighted by Gasteiger charge is 2.12. The van der Waals surface area contributed by atoms with Gasteiger partial charge < -0.3 is 20.2 Å². The Morgan fingerprint density at radius 2 is 2.19 bits per heavy atom. The van der Waals surface area contributed by atoms with Crippen LogP contribution in [-0.4, -0.2) is 25.2 Å². The summed E-state index contributed by atoms with van der Waals surface area (Å²) in [6.07, 6.45) is 8.89. The summed E-state index contributed by atoms with van der Waals surface area (Å²) in [5, 5.41) is 3.30. The molecule has 1 aromatic heterocycles. The lowest BCUT2D eigenvalue weighted by Crippen LogP contribution is -2.41. The third-order valence-electron chi connectivity index (χ3n) is 3.51. The lowest BCUT2D eigenvalue weighted by Gasteiger charge is -2.23. The van der Waals surface area contributed by atoms with Crippen LogP contribution < -0.4 is 11.1 Å². The summed E-state index contributed by atoms with van der Waals surface area (Å²) in [5.41, 5.74) is 5.88. The molecule has 120 valence electrons. The molecular weight excluding hydrogens is 381 g/mol. The number of halogens is 1. The van der Waals surface area contributed by atoms with E-state index in [2.05, 4.69) is 10.3 Å². The van der Waals surface area contributed by atoms with Crippen molar-refractivity contribution in [3.05, 3.63) is 24.2 Å². The maximum absolute atomic E-state index is 5.88. The minimum Gasteiger partial charge on any atom is -0.467 e. The zero-order valence-corrected chi connectivity index (χ0v) is 14.8. The number of rotatable bonds is 7. The van der Waals surface area contributed by atoms with Crippen molar-refractivity contribution >= 4 is 29.9 Å². The van der Waals surface area contributed by atoms with Crippen LogP contribution >= 0.6 is 24.0 Å². The number of nitrogens with one attached hydrogen (secondary N) is 1. The summed E-state index contributed by atoms with van der Waals surface area (Å²) in [6.45, 7) is 1.89. The first kappa shape index (κ1) is 18.3. The predicted octanol–water partition coefficient (Wildman–Crippen LogP) is 3.04. The zero-order valence-electron chi connectivity index (χ0n) is 12.4. The number of aliphatic imine (C=N–C) groups is 1. The molecule has 0 bridgehead atoms. The normalized spacial score (nSPS) is 16.5. The van der Waals surface area contributed by atoms with E-state index in [4.69, 9.17) is 14.9 Å². The SMILES string of the molecule is I.NC(=NCCCOCc1ccco1)NC1CCCCC1. The fourth-order valence-electron chi connectivity index (χ4n) is 2.44. The van der Waals surface area contributed by atoms with Crippen LogP contribution in [0.1, 0.15) is 44.3 Å². The van der Waals surface area contributed by atoms with E-state index in [0.29, 0.717) is 31.8 Å². The molecule has 1 saturated carbocycles. The van der Waals surface area contributed by atoms with E-state index in [0.717, 1.165) is 12.2 Å². The Morgan fingerprint density at radius 3 is 2.90 bits per heavy atom. The Hall–Kier alpha value is -0.760. The van der Waals surface area contributed by atoms with Crippen molar-refractivity contribution in [2.45, 2.75) is 51.2 Å². The van der Waals surface area contributed by atoms with Crippen LogP contribution in [0.15, 0.2) is 27.8 Å². The van der Waals surface area contributed by atoms with E-state index in [1.807, 2.05) is 12.1 Å². The number of guanidine groups is 1. The van der Waals surface area contributed by atoms with Crippen LogP contribution in [-0.2, 0) is 11.3 Å². The minimum absolute atomic E-state index is 0. The molecule has 0 atom stereocenters. The highest BCUT2D eigenvalue weighted by Crippen LogP contribution is 2.16. The molecule has 1 aliphatic rings. The fourth-order valence-corrected chi connectivity index (χ4v) is 2.44. The van der Waals surface area contributed by atoms with Crippen molar-refractivity contribution in [2.24, 2.45) is 10.7 Å². The Balaban J connectivity index is 0.00000220. The molecule has 3 N–H and O–H groups in total. The highest BCUT2D eigenvalue weighted by atomic mass is 127. The smallest absolute Gasteiger partial charge is 0.188 e. The molecule has 1 fully saturated rings. The molecule has 0 radical (unpaired) electrons. The number of hydrogen-bond donors (Lipinski definition) is 2. The molecular formula is C15H26IN3O2. The maximum atomic E-state index is 5.88. The molecule has 2 rings (SSSR count). The molecule has 1 aromatic rings. The Bertz CT molecular complexity index is 390. The Labute approximate surface area is 143 Å². The van der Waals surface area contributed by atoms with Crippen LogP contribution in [0.4, 0.5) is 0 Å². The van der Waals surface area contributed by atoms with Gasteiger partial charge in [0.2, 0.25) is 0 Å². The lowest BCUT2D eigenvalue weighted by atomic mass is 9.96. The lowest BCUT2D eigenvalue weighted by molar-refractivity contribution is 0.105. The predicted molar refractivity (Wildman–Crippen MR) is 94.9 cm³/mol. The molecule has 0 aliphatic heterocycles. The van der Waals surface area contributed by atoms with Crippen molar-refractivity contribution in [2.75, 3.05) is 13.2 Å². The van der Waals surface area contributed by atoms with Gasteiger partial charge in [0.25, 0.3) is 0 Å². The molecule has 0 spiro atoms. The minimum atomic E-state index is 0. The van der Waals surface area contributed by atoms with Gasteiger partial charge in [0.15, 0.2) is 5.96 Å². The standard InChI is InChI=1S/C15H25N3O2.HI/c16-15(18-13-6-2-1-3-7-13)17-9-5-10-19-12-14-8-4-11-20-14;/h4,8,11,13H,1-3,5-7,9-10,12H2,(H3,16,17,18);1H. The van der Waals surface area contributed by atoms with E-state index < -0.39 is 0 Å². The van der Waals surface area contributed by atoms with Gasteiger partial charge in [-0.05, 0) is 31.4 Å². The molecule has 1 heterocycles. The first-order valence-corrected chi connectivity index (χ1v) is 7.51. The molecule has 21 heavy (non-hydrogen) atoms. The van der Waals surface area contributed by atoms with Crippen LogP contribution in [0, 0.1) is 0 Å². The molecule has 0 amide bonds. The molecule has 0 unspecified atom stereocenters. The van der Waals surface area contributed by atoms with Crippen molar-refractivity contribution in [3.8, 4) is 0 Å². The summed E-state index contributed by atoms with van der Waals surface area (Å²) >= 11 is 0. The van der Waals surface area contributed by atoms with Gasteiger partial charge in [-0.3, -0.25) is 4.99 Å². The van der Waals surface area contributed by atoms with Gasteiger partial charge in [0.1, 0.15) is 12.4 Å². The fraction of sp³-hybridized carbons (Fsp3) is 0.667. The third kappa shape index (κ3) is 7.71.